The third-order valence-corrected chi connectivity index (χ3v) is 3.08. The summed E-state index contributed by atoms with van der Waals surface area (Å²) in [6.45, 7) is 0. The Balaban J connectivity index is 2.18. The molecule has 3 N–H and O–H groups in total. The molecule has 0 saturated carbocycles. The summed E-state index contributed by atoms with van der Waals surface area (Å²) >= 11 is 0. The van der Waals surface area contributed by atoms with E-state index in [-0.39, 0.29) is 11.6 Å². The predicted molar refractivity (Wildman–Crippen MR) is 79.0 cm³/mol. The van der Waals surface area contributed by atoms with Crippen LogP contribution in [0.25, 0.3) is 22.5 Å². The zero-order valence-corrected chi connectivity index (χ0v) is 11.3. The molecule has 106 valence electrons. The fourth-order valence-corrected chi connectivity index (χ4v) is 2.08. The number of nitrogens with zero attached hydrogens (tertiary/aromatic N) is 1. The molecule has 0 fully saturated rings. The number of pyridine rings is 1. The Kier molecular flexibility index (Phi) is 3.19. The van der Waals surface area contributed by atoms with Crippen LogP contribution in [0.4, 0.5) is 6.01 Å². The van der Waals surface area contributed by atoms with Crippen molar-refractivity contribution in [2.24, 2.45) is 0 Å². The maximum Gasteiger partial charge on any atom is 0.292 e. The summed E-state index contributed by atoms with van der Waals surface area (Å²) in [6, 6.07) is 9.00. The number of oxazole rings is 1. The second-order valence-corrected chi connectivity index (χ2v) is 4.43. The third kappa shape index (κ3) is 2.51. The van der Waals surface area contributed by atoms with Gasteiger partial charge in [0.25, 0.3) is 11.6 Å². The van der Waals surface area contributed by atoms with Crippen LogP contribution in [-0.4, -0.2) is 17.1 Å². The highest BCUT2D eigenvalue weighted by Crippen LogP contribution is 2.30. The van der Waals surface area contributed by atoms with E-state index in [1.807, 2.05) is 6.07 Å². The molecule has 0 spiro atoms. The quantitative estimate of drug-likeness (QED) is 0.769. The molecule has 0 aliphatic rings. The molecule has 0 atom stereocenters. The summed E-state index contributed by atoms with van der Waals surface area (Å²) in [6.07, 6.45) is 3.12. The maximum absolute atomic E-state index is 11.9. The van der Waals surface area contributed by atoms with Crippen LogP contribution >= 0.6 is 0 Å². The largest absolute Gasteiger partial charge is 0.497 e. The van der Waals surface area contributed by atoms with E-state index in [1.165, 1.54) is 6.20 Å². The van der Waals surface area contributed by atoms with Gasteiger partial charge in [-0.05, 0) is 35.9 Å². The lowest BCUT2D eigenvalue weighted by Gasteiger charge is -2.07. The molecule has 0 radical (unpaired) electrons. The van der Waals surface area contributed by atoms with Gasteiger partial charge >= 0.3 is 0 Å². The number of rotatable bonds is 3. The van der Waals surface area contributed by atoms with Gasteiger partial charge < -0.3 is 19.9 Å². The minimum Gasteiger partial charge on any atom is -0.497 e. The zero-order chi connectivity index (χ0) is 14.8. The molecule has 3 rings (SSSR count). The van der Waals surface area contributed by atoms with Gasteiger partial charge in [0, 0.05) is 17.3 Å². The molecule has 0 aliphatic carbocycles. The van der Waals surface area contributed by atoms with Crippen LogP contribution in [0.15, 0.2) is 51.9 Å². The van der Waals surface area contributed by atoms with E-state index < -0.39 is 0 Å². The van der Waals surface area contributed by atoms with Gasteiger partial charge in [0.15, 0.2) is 5.76 Å². The Morgan fingerprint density at radius 3 is 2.76 bits per heavy atom. The van der Waals surface area contributed by atoms with Crippen LogP contribution in [0.3, 0.4) is 0 Å². The molecule has 0 aliphatic heterocycles. The highest BCUT2D eigenvalue weighted by molar-refractivity contribution is 5.72. The second kappa shape index (κ2) is 5.16. The number of nitrogen functional groups attached to an aromatic ring is 1. The number of ether oxygens (including phenoxy) is 1. The summed E-state index contributed by atoms with van der Waals surface area (Å²) < 4.78 is 10.6. The summed E-state index contributed by atoms with van der Waals surface area (Å²) in [5, 5.41) is 0. The fraction of sp³-hybridized carbons (Fsp3) is 0.0667. The van der Waals surface area contributed by atoms with E-state index in [1.54, 1.807) is 37.6 Å². The molecule has 0 saturated heterocycles. The number of anilines is 1. The molecule has 0 bridgehead atoms. The SMILES string of the molecule is COc1cc(-c2cnc(N)o2)cc(-c2ccc[nH]c2=O)c1. The standard InChI is InChI=1S/C15H13N3O3/c1-20-11-6-9(12-3-2-4-17-14(12)19)5-10(7-11)13-8-18-15(16)21-13/h2-8H,1H3,(H2,16,18)(H,17,19). The Hall–Kier alpha value is -3.02. The summed E-state index contributed by atoms with van der Waals surface area (Å²) in [7, 11) is 1.56. The van der Waals surface area contributed by atoms with Crippen molar-refractivity contribution in [1.29, 1.82) is 0 Å². The smallest absolute Gasteiger partial charge is 0.292 e. The molecule has 2 aromatic heterocycles. The van der Waals surface area contributed by atoms with Crippen molar-refractivity contribution < 1.29 is 9.15 Å². The fourth-order valence-electron chi connectivity index (χ4n) is 2.08. The van der Waals surface area contributed by atoms with E-state index in [0.717, 1.165) is 11.1 Å². The van der Waals surface area contributed by atoms with Crippen LogP contribution in [0.1, 0.15) is 0 Å². The lowest BCUT2D eigenvalue weighted by Crippen LogP contribution is -2.07. The molecule has 6 nitrogen and oxygen atoms in total. The third-order valence-electron chi connectivity index (χ3n) is 3.08. The molecular formula is C15H13N3O3. The van der Waals surface area contributed by atoms with E-state index in [4.69, 9.17) is 14.9 Å². The molecule has 0 amide bonds. The van der Waals surface area contributed by atoms with Gasteiger partial charge in [-0.25, -0.2) is 4.98 Å². The van der Waals surface area contributed by atoms with E-state index in [9.17, 15) is 4.79 Å². The Morgan fingerprint density at radius 1 is 1.29 bits per heavy atom. The van der Waals surface area contributed by atoms with Crippen LogP contribution in [0.2, 0.25) is 0 Å². The highest BCUT2D eigenvalue weighted by atomic mass is 16.5. The van der Waals surface area contributed by atoms with E-state index >= 15 is 0 Å². The van der Waals surface area contributed by atoms with Crippen LogP contribution in [-0.2, 0) is 0 Å². The molecule has 3 aromatic rings. The number of hydrogen-bond acceptors (Lipinski definition) is 5. The predicted octanol–water partition coefficient (Wildman–Crippen LogP) is 2.29. The second-order valence-electron chi connectivity index (χ2n) is 4.43. The van der Waals surface area contributed by atoms with Crippen molar-refractivity contribution >= 4 is 6.01 Å². The number of aromatic amines is 1. The number of methoxy groups -OCH3 is 1. The molecule has 21 heavy (non-hydrogen) atoms. The van der Waals surface area contributed by atoms with Crippen LogP contribution in [0.5, 0.6) is 5.75 Å². The Labute approximate surface area is 120 Å². The number of H-pyrrole nitrogens is 1. The van der Waals surface area contributed by atoms with E-state index in [0.29, 0.717) is 17.1 Å². The molecule has 2 heterocycles. The minimum atomic E-state index is -0.172. The van der Waals surface area contributed by atoms with Crippen molar-refractivity contribution in [2.45, 2.75) is 0 Å². The molecule has 6 heteroatoms. The van der Waals surface area contributed by atoms with E-state index in [2.05, 4.69) is 9.97 Å². The van der Waals surface area contributed by atoms with Crippen molar-refractivity contribution in [3.8, 4) is 28.2 Å². The first-order valence-corrected chi connectivity index (χ1v) is 6.26. The normalized spacial score (nSPS) is 10.5. The average molecular weight is 283 g/mol. The summed E-state index contributed by atoms with van der Waals surface area (Å²) in [5.74, 6) is 1.13. The maximum atomic E-state index is 11.9. The molecule has 0 unspecified atom stereocenters. The summed E-state index contributed by atoms with van der Waals surface area (Å²) in [5.41, 5.74) is 7.33. The van der Waals surface area contributed by atoms with Crippen molar-refractivity contribution in [1.82, 2.24) is 9.97 Å². The average Bonchev–Trinajstić information content (AvgIpc) is 2.94. The van der Waals surface area contributed by atoms with Gasteiger partial charge in [0.2, 0.25) is 0 Å². The summed E-state index contributed by atoms with van der Waals surface area (Å²) in [4.78, 5) is 18.4. The number of nitrogens with two attached hydrogens (primary N) is 1. The van der Waals surface area contributed by atoms with Gasteiger partial charge in [-0.15, -0.1) is 0 Å². The molecular weight excluding hydrogens is 270 g/mol. The Bertz CT molecular complexity index is 836. The number of nitrogens with one attached hydrogen (secondary N) is 1. The number of benzene rings is 1. The highest BCUT2D eigenvalue weighted by Gasteiger charge is 2.11. The lowest BCUT2D eigenvalue weighted by atomic mass is 10.0. The van der Waals surface area contributed by atoms with Crippen molar-refractivity contribution in [3.63, 3.8) is 0 Å². The van der Waals surface area contributed by atoms with Crippen molar-refractivity contribution in [2.75, 3.05) is 12.8 Å². The van der Waals surface area contributed by atoms with Crippen molar-refractivity contribution in [3.05, 3.63) is 53.1 Å². The van der Waals surface area contributed by atoms with Gasteiger partial charge in [-0.1, -0.05) is 0 Å². The topological polar surface area (TPSA) is 94.1 Å². The van der Waals surface area contributed by atoms with Gasteiger partial charge in [-0.3, -0.25) is 4.79 Å². The van der Waals surface area contributed by atoms with Gasteiger partial charge in [0.05, 0.1) is 13.3 Å². The van der Waals surface area contributed by atoms with Gasteiger partial charge in [-0.2, -0.15) is 0 Å². The van der Waals surface area contributed by atoms with Gasteiger partial charge in [0.1, 0.15) is 5.75 Å². The Morgan fingerprint density at radius 2 is 2.10 bits per heavy atom. The monoisotopic (exact) mass is 283 g/mol. The number of aromatic nitrogens is 2. The van der Waals surface area contributed by atoms with Crippen LogP contribution < -0.4 is 16.0 Å². The first-order valence-electron chi connectivity index (χ1n) is 6.26. The first kappa shape index (κ1) is 13.0. The minimum absolute atomic E-state index is 0.0897. The lowest BCUT2D eigenvalue weighted by molar-refractivity contribution is 0.415. The number of hydrogen-bond donors (Lipinski definition) is 2. The van der Waals surface area contributed by atoms with Crippen LogP contribution in [0, 0.1) is 0 Å². The molecule has 1 aromatic carbocycles. The first-order chi connectivity index (χ1) is 10.2. The zero-order valence-electron chi connectivity index (χ0n) is 11.3.